The molecule has 0 atom stereocenters. The number of hydrogen-bond acceptors (Lipinski definition) is 2. The molecule has 1 aromatic carbocycles. The number of aliphatic carboxylic acids is 1. The number of benzene rings is 1. The first-order valence-electron chi connectivity index (χ1n) is 4.02. The SMILES string of the molecule is O=Cc1cc(CI)ccc1CC(=O)O. The van der Waals surface area contributed by atoms with Gasteiger partial charge in [0.05, 0.1) is 6.42 Å². The quantitative estimate of drug-likeness (QED) is 0.526. The number of carboxylic acids is 1. The molecule has 0 radical (unpaired) electrons. The first-order valence-corrected chi connectivity index (χ1v) is 5.54. The zero-order valence-corrected chi connectivity index (χ0v) is 9.52. The van der Waals surface area contributed by atoms with E-state index in [1.54, 1.807) is 12.1 Å². The van der Waals surface area contributed by atoms with Gasteiger partial charge in [0.25, 0.3) is 0 Å². The van der Waals surface area contributed by atoms with Crippen molar-refractivity contribution < 1.29 is 14.7 Å². The van der Waals surface area contributed by atoms with Gasteiger partial charge in [-0.3, -0.25) is 9.59 Å². The van der Waals surface area contributed by atoms with Crippen molar-refractivity contribution in [1.82, 2.24) is 0 Å². The first-order chi connectivity index (χ1) is 6.67. The predicted molar refractivity (Wildman–Crippen MR) is 60.9 cm³/mol. The van der Waals surface area contributed by atoms with Crippen LogP contribution in [0.3, 0.4) is 0 Å². The van der Waals surface area contributed by atoms with Gasteiger partial charge >= 0.3 is 5.97 Å². The second kappa shape index (κ2) is 5.09. The summed E-state index contributed by atoms with van der Waals surface area (Å²) in [7, 11) is 0. The molecule has 0 heterocycles. The summed E-state index contributed by atoms with van der Waals surface area (Å²) in [4.78, 5) is 21.2. The van der Waals surface area contributed by atoms with Crippen molar-refractivity contribution in [2.75, 3.05) is 0 Å². The maximum atomic E-state index is 10.7. The summed E-state index contributed by atoms with van der Waals surface area (Å²) in [5.74, 6) is -0.921. The lowest BCUT2D eigenvalue weighted by atomic mass is 10.0. The van der Waals surface area contributed by atoms with Crippen LogP contribution in [0.15, 0.2) is 18.2 Å². The van der Waals surface area contributed by atoms with Crippen molar-refractivity contribution in [3.63, 3.8) is 0 Å². The van der Waals surface area contributed by atoms with Crippen molar-refractivity contribution in [3.8, 4) is 0 Å². The number of carbonyl (C=O) groups excluding carboxylic acids is 1. The highest BCUT2D eigenvalue weighted by Crippen LogP contribution is 2.13. The zero-order valence-electron chi connectivity index (χ0n) is 7.37. The van der Waals surface area contributed by atoms with Gasteiger partial charge in [-0.15, -0.1) is 0 Å². The van der Waals surface area contributed by atoms with Gasteiger partial charge in [0.2, 0.25) is 0 Å². The summed E-state index contributed by atoms with van der Waals surface area (Å²) in [6.45, 7) is 0. The molecular formula is C10H9IO3. The number of hydrogen-bond donors (Lipinski definition) is 1. The molecule has 0 bridgehead atoms. The number of rotatable bonds is 4. The topological polar surface area (TPSA) is 54.4 Å². The second-order valence-corrected chi connectivity index (χ2v) is 3.62. The Morgan fingerprint density at radius 2 is 2.21 bits per heavy atom. The normalized spacial score (nSPS) is 9.79. The van der Waals surface area contributed by atoms with E-state index in [9.17, 15) is 9.59 Å². The highest BCUT2D eigenvalue weighted by atomic mass is 127. The highest BCUT2D eigenvalue weighted by Gasteiger charge is 2.06. The van der Waals surface area contributed by atoms with E-state index < -0.39 is 5.97 Å². The van der Waals surface area contributed by atoms with Crippen LogP contribution in [0.2, 0.25) is 0 Å². The van der Waals surface area contributed by atoms with Crippen LogP contribution < -0.4 is 0 Å². The third-order valence-electron chi connectivity index (χ3n) is 1.83. The number of aldehydes is 1. The largest absolute Gasteiger partial charge is 0.481 e. The number of alkyl halides is 1. The molecule has 0 aliphatic rings. The molecule has 0 saturated carbocycles. The Kier molecular flexibility index (Phi) is 4.06. The maximum absolute atomic E-state index is 10.7. The van der Waals surface area contributed by atoms with E-state index in [-0.39, 0.29) is 6.42 Å². The van der Waals surface area contributed by atoms with Crippen molar-refractivity contribution >= 4 is 34.8 Å². The zero-order chi connectivity index (χ0) is 10.6. The van der Waals surface area contributed by atoms with E-state index in [1.807, 2.05) is 6.07 Å². The lowest BCUT2D eigenvalue weighted by Gasteiger charge is -2.03. The van der Waals surface area contributed by atoms with Crippen molar-refractivity contribution in [2.24, 2.45) is 0 Å². The monoisotopic (exact) mass is 304 g/mol. The molecule has 4 heteroatoms. The van der Waals surface area contributed by atoms with Crippen molar-refractivity contribution in [1.29, 1.82) is 0 Å². The molecule has 0 aliphatic carbocycles. The fourth-order valence-electron chi connectivity index (χ4n) is 1.16. The summed E-state index contributed by atoms with van der Waals surface area (Å²) in [6.07, 6.45) is 0.601. The van der Waals surface area contributed by atoms with Crippen LogP contribution in [0.1, 0.15) is 21.5 Å². The molecule has 1 N–H and O–H groups in total. The number of carboxylic acid groups (broad SMARTS) is 1. The predicted octanol–water partition coefficient (Wildman–Crippen LogP) is 2.06. The van der Waals surface area contributed by atoms with Crippen molar-refractivity contribution in [3.05, 3.63) is 34.9 Å². The fourth-order valence-corrected chi connectivity index (χ4v) is 1.64. The standard InChI is InChI=1S/C10H9IO3/c11-5-7-1-2-8(4-10(13)14)9(3-7)6-12/h1-3,6H,4-5H2,(H,13,14). The third kappa shape index (κ3) is 2.80. The molecule has 74 valence electrons. The van der Waals surface area contributed by atoms with Gasteiger partial charge in [0.15, 0.2) is 0 Å². The summed E-state index contributed by atoms with van der Waals surface area (Å²) in [6, 6.07) is 5.28. The number of carbonyl (C=O) groups is 2. The van der Waals surface area contributed by atoms with Crippen LogP contribution in [0.5, 0.6) is 0 Å². The van der Waals surface area contributed by atoms with E-state index in [0.29, 0.717) is 17.4 Å². The Morgan fingerprint density at radius 1 is 1.50 bits per heavy atom. The summed E-state index contributed by atoms with van der Waals surface area (Å²) in [5.41, 5.74) is 2.07. The van der Waals surface area contributed by atoms with E-state index in [1.165, 1.54) is 0 Å². The van der Waals surface area contributed by atoms with Crippen LogP contribution in [0.4, 0.5) is 0 Å². The molecule has 1 rings (SSSR count). The molecule has 0 aromatic heterocycles. The number of halogens is 1. The summed E-state index contributed by atoms with van der Waals surface area (Å²) in [5, 5.41) is 8.60. The Balaban J connectivity index is 3.04. The first kappa shape index (κ1) is 11.2. The molecule has 3 nitrogen and oxygen atoms in total. The Bertz CT molecular complexity index is 360. The van der Waals surface area contributed by atoms with Gasteiger partial charge in [-0.05, 0) is 17.2 Å². The van der Waals surface area contributed by atoms with Crippen LogP contribution >= 0.6 is 22.6 Å². The third-order valence-corrected chi connectivity index (χ3v) is 2.71. The molecule has 0 fully saturated rings. The summed E-state index contributed by atoms with van der Waals surface area (Å²) >= 11 is 2.19. The molecular weight excluding hydrogens is 295 g/mol. The van der Waals surface area contributed by atoms with Gasteiger partial charge in [-0.2, -0.15) is 0 Å². The highest BCUT2D eigenvalue weighted by molar-refractivity contribution is 14.1. The molecule has 0 aliphatic heterocycles. The molecule has 14 heavy (non-hydrogen) atoms. The Hall–Kier alpha value is -0.910. The van der Waals surface area contributed by atoms with Crippen molar-refractivity contribution in [2.45, 2.75) is 10.8 Å². The van der Waals surface area contributed by atoms with Crippen LogP contribution in [-0.2, 0) is 15.6 Å². The fraction of sp³-hybridized carbons (Fsp3) is 0.200. The van der Waals surface area contributed by atoms with E-state index >= 15 is 0 Å². The average molecular weight is 304 g/mol. The Labute approximate surface area is 95.3 Å². The molecule has 0 unspecified atom stereocenters. The van der Waals surface area contributed by atoms with Gasteiger partial charge in [-0.1, -0.05) is 34.7 Å². The van der Waals surface area contributed by atoms with Gasteiger partial charge in [0, 0.05) is 9.99 Å². The average Bonchev–Trinajstić information content (AvgIpc) is 2.17. The van der Waals surface area contributed by atoms with Crippen LogP contribution in [0.25, 0.3) is 0 Å². The minimum absolute atomic E-state index is 0.102. The molecule has 0 saturated heterocycles. The van der Waals surface area contributed by atoms with Gasteiger partial charge < -0.3 is 5.11 Å². The molecule has 0 amide bonds. The van der Waals surface area contributed by atoms with Crippen LogP contribution in [0, 0.1) is 0 Å². The van der Waals surface area contributed by atoms with E-state index in [4.69, 9.17) is 5.11 Å². The molecule has 0 spiro atoms. The minimum Gasteiger partial charge on any atom is -0.481 e. The summed E-state index contributed by atoms with van der Waals surface area (Å²) < 4.78 is 0.811. The van der Waals surface area contributed by atoms with E-state index in [0.717, 1.165) is 9.99 Å². The van der Waals surface area contributed by atoms with Gasteiger partial charge in [0.1, 0.15) is 6.29 Å². The lowest BCUT2D eigenvalue weighted by molar-refractivity contribution is -0.136. The smallest absolute Gasteiger partial charge is 0.307 e. The van der Waals surface area contributed by atoms with Crippen LogP contribution in [-0.4, -0.2) is 17.4 Å². The molecule has 1 aromatic rings. The van der Waals surface area contributed by atoms with Gasteiger partial charge in [-0.25, -0.2) is 0 Å². The van der Waals surface area contributed by atoms with E-state index in [2.05, 4.69) is 22.6 Å². The lowest BCUT2D eigenvalue weighted by Crippen LogP contribution is -2.03. The second-order valence-electron chi connectivity index (χ2n) is 2.86. The Morgan fingerprint density at radius 3 is 2.71 bits per heavy atom. The minimum atomic E-state index is -0.921. The maximum Gasteiger partial charge on any atom is 0.307 e.